The molecule has 0 aliphatic rings. The van der Waals surface area contributed by atoms with Gasteiger partial charge in [-0.25, -0.2) is 0 Å². The summed E-state index contributed by atoms with van der Waals surface area (Å²) in [5.74, 6) is -0.0644. The fraction of sp³-hybridized carbons (Fsp3) is 0.500. The number of carbonyl (C=O) groups is 1. The minimum Gasteiger partial charge on any atom is -0.491 e. The van der Waals surface area contributed by atoms with Gasteiger partial charge in [-0.05, 0) is 44.9 Å². The Bertz CT molecular complexity index is 396. The number of nitrogens with two attached hydrogens (primary N) is 1. The first-order valence-electron chi connectivity index (χ1n) is 6.05. The van der Waals surface area contributed by atoms with Gasteiger partial charge in [0.2, 0.25) is 0 Å². The molecule has 18 heavy (non-hydrogen) atoms. The Kier molecular flexibility index (Phi) is 4.73. The Balaban J connectivity index is 2.65. The van der Waals surface area contributed by atoms with Gasteiger partial charge in [-0.3, -0.25) is 4.79 Å². The Morgan fingerprint density at radius 2 is 1.94 bits per heavy atom. The highest BCUT2D eigenvalue weighted by molar-refractivity contribution is 5.68. The Hall–Kier alpha value is -1.55. The molecule has 0 bridgehead atoms. The van der Waals surface area contributed by atoms with Crippen molar-refractivity contribution in [1.29, 1.82) is 0 Å². The molecule has 3 N–H and O–H groups in total. The molecule has 4 heteroatoms. The van der Waals surface area contributed by atoms with Gasteiger partial charge in [0.15, 0.2) is 0 Å². The van der Waals surface area contributed by atoms with Crippen molar-refractivity contribution in [2.75, 3.05) is 0 Å². The third-order valence-corrected chi connectivity index (χ3v) is 2.46. The molecule has 100 valence electrons. The van der Waals surface area contributed by atoms with Gasteiger partial charge in [-0.2, -0.15) is 0 Å². The van der Waals surface area contributed by atoms with Crippen molar-refractivity contribution in [3.05, 3.63) is 29.8 Å². The van der Waals surface area contributed by atoms with Gasteiger partial charge in [0.1, 0.15) is 5.75 Å². The Morgan fingerprint density at radius 1 is 1.39 bits per heavy atom. The molecule has 0 saturated heterocycles. The van der Waals surface area contributed by atoms with Gasteiger partial charge in [0.25, 0.3) is 0 Å². The van der Waals surface area contributed by atoms with Crippen LogP contribution in [0.3, 0.4) is 0 Å². The van der Waals surface area contributed by atoms with Crippen molar-refractivity contribution in [3.8, 4) is 5.75 Å². The molecule has 1 aromatic carbocycles. The van der Waals surface area contributed by atoms with Crippen LogP contribution < -0.4 is 10.5 Å². The molecule has 1 atom stereocenters. The lowest BCUT2D eigenvalue weighted by molar-refractivity contribution is -0.138. The first kappa shape index (κ1) is 14.5. The molecular weight excluding hydrogens is 230 g/mol. The molecule has 0 radical (unpaired) electrons. The molecule has 1 rings (SSSR count). The molecular formula is C14H21NO3. The van der Waals surface area contributed by atoms with Gasteiger partial charge in [0.05, 0.1) is 12.5 Å². The normalized spacial score (nSPS) is 14.3. The number of benzene rings is 1. The van der Waals surface area contributed by atoms with E-state index in [9.17, 15) is 4.79 Å². The third-order valence-electron chi connectivity index (χ3n) is 2.46. The maximum Gasteiger partial charge on any atom is 0.305 e. The molecule has 0 saturated carbocycles. The predicted molar refractivity (Wildman–Crippen MR) is 70.8 cm³/mol. The summed E-state index contributed by atoms with van der Waals surface area (Å²) in [4.78, 5) is 10.7. The molecule has 0 heterocycles. The summed E-state index contributed by atoms with van der Waals surface area (Å²) in [6.07, 6.45) is 0.626. The zero-order valence-electron chi connectivity index (χ0n) is 11.1. The van der Waals surface area contributed by atoms with Crippen LogP contribution >= 0.6 is 0 Å². The number of aliphatic carboxylic acids is 1. The van der Waals surface area contributed by atoms with Crippen LogP contribution in [0.4, 0.5) is 0 Å². The van der Waals surface area contributed by atoms with Crippen LogP contribution in [0.25, 0.3) is 0 Å². The number of hydrogen-bond acceptors (Lipinski definition) is 3. The summed E-state index contributed by atoms with van der Waals surface area (Å²) < 4.78 is 5.54. The minimum absolute atomic E-state index is 0.0444. The molecule has 0 fully saturated rings. The quantitative estimate of drug-likeness (QED) is 0.813. The van der Waals surface area contributed by atoms with E-state index in [4.69, 9.17) is 15.6 Å². The summed E-state index contributed by atoms with van der Waals surface area (Å²) in [7, 11) is 0. The van der Waals surface area contributed by atoms with E-state index < -0.39 is 11.5 Å². The molecule has 0 aliphatic heterocycles. The second kappa shape index (κ2) is 5.87. The Labute approximate surface area is 108 Å². The average Bonchev–Trinajstić information content (AvgIpc) is 2.17. The Morgan fingerprint density at radius 3 is 2.39 bits per heavy atom. The van der Waals surface area contributed by atoms with Gasteiger partial charge in [-0.15, -0.1) is 0 Å². The number of ether oxygens (including phenoxy) is 1. The largest absolute Gasteiger partial charge is 0.491 e. The van der Waals surface area contributed by atoms with E-state index in [1.165, 1.54) is 0 Å². The highest BCUT2D eigenvalue weighted by Gasteiger charge is 2.22. The number of hydrogen-bond donors (Lipinski definition) is 2. The smallest absolute Gasteiger partial charge is 0.305 e. The van der Waals surface area contributed by atoms with E-state index >= 15 is 0 Å². The number of rotatable bonds is 6. The van der Waals surface area contributed by atoms with Gasteiger partial charge in [0, 0.05) is 5.54 Å². The van der Waals surface area contributed by atoms with Crippen LogP contribution in [0.5, 0.6) is 5.75 Å². The standard InChI is InChI=1S/C14H21NO3/c1-10(2)18-12-6-4-11(5-7-12)8-14(3,15)9-13(16)17/h4-7,10H,8-9,15H2,1-3H3,(H,16,17). The molecule has 0 aliphatic carbocycles. The molecule has 0 amide bonds. The second-order valence-corrected chi connectivity index (χ2v) is 5.21. The molecule has 4 nitrogen and oxygen atoms in total. The van der Waals surface area contributed by atoms with Crippen LogP contribution in [0.15, 0.2) is 24.3 Å². The van der Waals surface area contributed by atoms with Crippen molar-refractivity contribution in [1.82, 2.24) is 0 Å². The first-order chi connectivity index (χ1) is 8.28. The van der Waals surface area contributed by atoms with Crippen molar-refractivity contribution < 1.29 is 14.6 Å². The third kappa shape index (κ3) is 5.19. The lowest BCUT2D eigenvalue weighted by Crippen LogP contribution is -2.40. The van der Waals surface area contributed by atoms with Gasteiger partial charge in [-0.1, -0.05) is 12.1 Å². The highest BCUT2D eigenvalue weighted by Crippen LogP contribution is 2.18. The predicted octanol–water partition coefficient (Wildman–Crippen LogP) is 2.21. The van der Waals surface area contributed by atoms with Crippen molar-refractivity contribution in [2.24, 2.45) is 5.73 Å². The van der Waals surface area contributed by atoms with E-state index in [1.807, 2.05) is 38.1 Å². The van der Waals surface area contributed by atoms with E-state index in [0.29, 0.717) is 6.42 Å². The van der Waals surface area contributed by atoms with Crippen LogP contribution in [-0.4, -0.2) is 22.7 Å². The SMILES string of the molecule is CC(C)Oc1ccc(CC(C)(N)CC(=O)O)cc1. The lowest BCUT2D eigenvalue weighted by atomic mass is 9.91. The average molecular weight is 251 g/mol. The van der Waals surface area contributed by atoms with E-state index in [0.717, 1.165) is 11.3 Å². The second-order valence-electron chi connectivity index (χ2n) is 5.21. The topological polar surface area (TPSA) is 72.5 Å². The van der Waals surface area contributed by atoms with Crippen LogP contribution in [0, 0.1) is 0 Å². The summed E-state index contributed by atoms with van der Waals surface area (Å²) in [6, 6.07) is 7.60. The molecule has 0 aromatic heterocycles. The summed E-state index contributed by atoms with van der Waals surface area (Å²) in [5, 5.41) is 8.77. The van der Waals surface area contributed by atoms with Crippen LogP contribution in [0.2, 0.25) is 0 Å². The lowest BCUT2D eigenvalue weighted by Gasteiger charge is -2.22. The summed E-state index contributed by atoms with van der Waals surface area (Å²) in [5.41, 5.74) is 6.24. The van der Waals surface area contributed by atoms with Crippen molar-refractivity contribution in [2.45, 2.75) is 45.3 Å². The maximum atomic E-state index is 10.7. The summed E-state index contributed by atoms with van der Waals surface area (Å²) >= 11 is 0. The van der Waals surface area contributed by atoms with E-state index in [1.54, 1.807) is 6.92 Å². The van der Waals surface area contributed by atoms with E-state index in [2.05, 4.69) is 0 Å². The molecule has 1 aromatic rings. The van der Waals surface area contributed by atoms with Crippen molar-refractivity contribution >= 4 is 5.97 Å². The summed E-state index contributed by atoms with van der Waals surface area (Å²) in [6.45, 7) is 5.69. The van der Waals surface area contributed by atoms with Gasteiger partial charge < -0.3 is 15.6 Å². The first-order valence-corrected chi connectivity index (χ1v) is 6.05. The zero-order chi connectivity index (χ0) is 13.8. The number of carboxylic acid groups (broad SMARTS) is 1. The fourth-order valence-corrected chi connectivity index (χ4v) is 1.83. The molecule has 0 spiro atoms. The zero-order valence-corrected chi connectivity index (χ0v) is 11.1. The van der Waals surface area contributed by atoms with Crippen LogP contribution in [-0.2, 0) is 11.2 Å². The van der Waals surface area contributed by atoms with Crippen LogP contribution in [0.1, 0.15) is 32.8 Å². The van der Waals surface area contributed by atoms with Gasteiger partial charge >= 0.3 is 5.97 Å². The maximum absolute atomic E-state index is 10.7. The highest BCUT2D eigenvalue weighted by atomic mass is 16.5. The fourth-order valence-electron chi connectivity index (χ4n) is 1.83. The van der Waals surface area contributed by atoms with Crippen molar-refractivity contribution in [3.63, 3.8) is 0 Å². The minimum atomic E-state index is -0.875. The number of carboxylic acids is 1. The monoisotopic (exact) mass is 251 g/mol. The van der Waals surface area contributed by atoms with E-state index in [-0.39, 0.29) is 12.5 Å². The molecule has 1 unspecified atom stereocenters.